The fourth-order valence-corrected chi connectivity index (χ4v) is 1.84. The number of hydrogen-bond donors (Lipinski definition) is 2. The summed E-state index contributed by atoms with van der Waals surface area (Å²) in [5.41, 5.74) is 0.474. The van der Waals surface area contributed by atoms with Crippen molar-refractivity contribution in [2.45, 2.75) is 19.8 Å². The number of rotatable bonds is 9. The molecule has 0 spiro atoms. The van der Waals surface area contributed by atoms with Crippen molar-refractivity contribution in [3.05, 3.63) is 42.5 Å². The van der Waals surface area contributed by atoms with Crippen LogP contribution in [0.1, 0.15) is 30.1 Å². The summed E-state index contributed by atoms with van der Waals surface area (Å²) in [4.78, 5) is 22.9. The Labute approximate surface area is 124 Å². The topological polar surface area (TPSA) is 75.6 Å². The molecule has 0 radical (unpaired) electrons. The number of nitrogens with one attached hydrogen (secondary N) is 1. The van der Waals surface area contributed by atoms with Gasteiger partial charge in [0.25, 0.3) is 5.91 Å². The smallest absolute Gasteiger partial charge is 0.308 e. The van der Waals surface area contributed by atoms with Crippen molar-refractivity contribution in [3.8, 4) is 5.75 Å². The predicted octanol–water partition coefficient (Wildman–Crippen LogP) is 2.48. The molecule has 0 aromatic heterocycles. The molecule has 1 amide bonds. The second kappa shape index (κ2) is 8.79. The van der Waals surface area contributed by atoms with E-state index in [0.717, 1.165) is 6.42 Å². The summed E-state index contributed by atoms with van der Waals surface area (Å²) in [7, 11) is 0. The number of carbonyl (C=O) groups is 2. The number of carboxylic acids is 1. The zero-order valence-corrected chi connectivity index (χ0v) is 12.2. The molecule has 1 aromatic rings. The van der Waals surface area contributed by atoms with E-state index in [9.17, 15) is 9.59 Å². The maximum atomic E-state index is 11.9. The van der Waals surface area contributed by atoms with E-state index in [4.69, 9.17) is 9.84 Å². The predicted molar refractivity (Wildman–Crippen MR) is 80.5 cm³/mol. The minimum atomic E-state index is -0.884. The van der Waals surface area contributed by atoms with Crippen molar-refractivity contribution >= 4 is 11.9 Å². The summed E-state index contributed by atoms with van der Waals surface area (Å²) < 4.78 is 5.32. The van der Waals surface area contributed by atoms with Gasteiger partial charge in [0.15, 0.2) is 0 Å². The molecular weight excluding hydrogens is 270 g/mol. The van der Waals surface area contributed by atoms with Gasteiger partial charge in [0.1, 0.15) is 12.4 Å². The number of hydrogen-bond acceptors (Lipinski definition) is 3. The van der Waals surface area contributed by atoms with Gasteiger partial charge in [-0.3, -0.25) is 9.59 Å². The minimum Gasteiger partial charge on any atom is -0.490 e. The number of amides is 1. The van der Waals surface area contributed by atoms with Gasteiger partial charge in [-0.2, -0.15) is 0 Å². The molecule has 1 unspecified atom stereocenters. The van der Waals surface area contributed by atoms with E-state index < -0.39 is 11.9 Å². The van der Waals surface area contributed by atoms with E-state index in [1.165, 1.54) is 0 Å². The average Bonchev–Trinajstić information content (AvgIpc) is 2.49. The molecule has 1 rings (SSSR count). The first-order valence-corrected chi connectivity index (χ1v) is 6.93. The third-order valence-corrected chi connectivity index (χ3v) is 2.98. The van der Waals surface area contributed by atoms with E-state index in [1.807, 2.05) is 6.92 Å². The Hall–Kier alpha value is -2.30. The van der Waals surface area contributed by atoms with E-state index in [1.54, 1.807) is 30.3 Å². The highest BCUT2D eigenvalue weighted by molar-refractivity contribution is 5.94. The van der Waals surface area contributed by atoms with Crippen molar-refractivity contribution in [2.75, 3.05) is 13.2 Å². The second-order valence-corrected chi connectivity index (χ2v) is 4.66. The normalized spacial score (nSPS) is 11.5. The largest absolute Gasteiger partial charge is 0.490 e. The molecule has 0 saturated carbocycles. The fourth-order valence-electron chi connectivity index (χ4n) is 1.84. The molecule has 0 heterocycles. The van der Waals surface area contributed by atoms with Crippen LogP contribution in [0.5, 0.6) is 5.75 Å². The Bertz CT molecular complexity index is 482. The molecule has 21 heavy (non-hydrogen) atoms. The monoisotopic (exact) mass is 291 g/mol. The van der Waals surface area contributed by atoms with Gasteiger partial charge in [0.2, 0.25) is 0 Å². The zero-order valence-electron chi connectivity index (χ0n) is 12.2. The molecule has 114 valence electrons. The van der Waals surface area contributed by atoms with Gasteiger partial charge in [-0.05, 0) is 30.7 Å². The third-order valence-electron chi connectivity index (χ3n) is 2.98. The van der Waals surface area contributed by atoms with Crippen LogP contribution in [0.3, 0.4) is 0 Å². The fraction of sp³-hybridized carbons (Fsp3) is 0.375. The highest BCUT2D eigenvalue weighted by Gasteiger charge is 2.17. The lowest BCUT2D eigenvalue weighted by Gasteiger charge is -2.12. The number of ether oxygens (including phenoxy) is 1. The van der Waals surface area contributed by atoms with Crippen molar-refractivity contribution in [1.82, 2.24) is 5.32 Å². The highest BCUT2D eigenvalue weighted by Crippen LogP contribution is 2.12. The molecule has 0 aliphatic carbocycles. The average molecular weight is 291 g/mol. The Morgan fingerprint density at radius 3 is 2.57 bits per heavy atom. The Morgan fingerprint density at radius 2 is 2.05 bits per heavy atom. The van der Waals surface area contributed by atoms with Gasteiger partial charge in [-0.1, -0.05) is 26.0 Å². The van der Waals surface area contributed by atoms with Crippen molar-refractivity contribution in [2.24, 2.45) is 5.92 Å². The number of carbonyl (C=O) groups excluding carboxylic acids is 1. The first kappa shape index (κ1) is 16.8. The van der Waals surface area contributed by atoms with Crippen LogP contribution in [0.25, 0.3) is 0 Å². The zero-order chi connectivity index (χ0) is 15.7. The summed E-state index contributed by atoms with van der Waals surface area (Å²) in [6, 6.07) is 6.67. The molecular formula is C16H21NO4. The van der Waals surface area contributed by atoms with E-state index >= 15 is 0 Å². The van der Waals surface area contributed by atoms with Crippen LogP contribution in [-0.4, -0.2) is 30.1 Å². The number of benzene rings is 1. The molecule has 0 bridgehead atoms. The van der Waals surface area contributed by atoms with Crippen LogP contribution in [-0.2, 0) is 4.79 Å². The van der Waals surface area contributed by atoms with Gasteiger partial charge in [-0.25, -0.2) is 0 Å². The van der Waals surface area contributed by atoms with Crippen molar-refractivity contribution < 1.29 is 19.4 Å². The summed E-state index contributed by atoms with van der Waals surface area (Å²) >= 11 is 0. The Morgan fingerprint density at radius 1 is 1.38 bits per heavy atom. The molecule has 2 N–H and O–H groups in total. The molecule has 5 nitrogen and oxygen atoms in total. The van der Waals surface area contributed by atoms with Crippen LogP contribution < -0.4 is 10.1 Å². The van der Waals surface area contributed by atoms with Crippen LogP contribution >= 0.6 is 0 Å². The van der Waals surface area contributed by atoms with Crippen molar-refractivity contribution in [3.63, 3.8) is 0 Å². The Kier molecular flexibility index (Phi) is 7.01. The summed E-state index contributed by atoms with van der Waals surface area (Å²) in [5.74, 6) is -1.06. The molecule has 1 aromatic carbocycles. The molecule has 5 heteroatoms. The van der Waals surface area contributed by atoms with Crippen molar-refractivity contribution in [1.29, 1.82) is 0 Å². The second-order valence-electron chi connectivity index (χ2n) is 4.66. The molecule has 0 aliphatic rings. The van der Waals surface area contributed by atoms with Gasteiger partial charge >= 0.3 is 5.97 Å². The lowest BCUT2D eigenvalue weighted by molar-refractivity contribution is -0.141. The first-order chi connectivity index (χ1) is 10.1. The summed E-state index contributed by atoms with van der Waals surface area (Å²) in [5, 5.41) is 11.7. The SMILES string of the molecule is C=CCOc1ccc(C(=O)NCC(CCC)C(=O)O)cc1. The number of carboxylic acid groups (broad SMARTS) is 1. The van der Waals surface area contributed by atoms with Gasteiger partial charge in [0, 0.05) is 12.1 Å². The molecule has 0 aliphatic heterocycles. The quantitative estimate of drug-likeness (QED) is 0.685. The first-order valence-electron chi connectivity index (χ1n) is 6.93. The van der Waals surface area contributed by atoms with Crippen LogP contribution in [0.2, 0.25) is 0 Å². The maximum Gasteiger partial charge on any atom is 0.308 e. The lowest BCUT2D eigenvalue weighted by atomic mass is 10.0. The highest BCUT2D eigenvalue weighted by atomic mass is 16.5. The third kappa shape index (κ3) is 5.69. The van der Waals surface area contributed by atoms with Gasteiger partial charge in [-0.15, -0.1) is 0 Å². The van der Waals surface area contributed by atoms with Gasteiger partial charge in [0.05, 0.1) is 5.92 Å². The summed E-state index contributed by atoms with van der Waals surface area (Å²) in [6.07, 6.45) is 2.95. The minimum absolute atomic E-state index is 0.136. The summed E-state index contributed by atoms with van der Waals surface area (Å²) in [6.45, 7) is 6.01. The molecule has 0 saturated heterocycles. The van der Waals surface area contributed by atoms with E-state index in [-0.39, 0.29) is 12.5 Å². The standard InChI is InChI=1S/C16H21NO4/c1-3-5-13(16(19)20)11-17-15(18)12-6-8-14(9-7-12)21-10-4-2/h4,6-9,13H,2-3,5,10-11H2,1H3,(H,17,18)(H,19,20). The van der Waals surface area contributed by atoms with Gasteiger partial charge < -0.3 is 15.2 Å². The van der Waals surface area contributed by atoms with Crippen LogP contribution in [0, 0.1) is 5.92 Å². The maximum absolute atomic E-state index is 11.9. The Balaban J connectivity index is 2.54. The lowest BCUT2D eigenvalue weighted by Crippen LogP contribution is -2.32. The molecule has 1 atom stereocenters. The number of aliphatic carboxylic acids is 1. The molecule has 0 fully saturated rings. The van der Waals surface area contributed by atoms with E-state index in [0.29, 0.717) is 24.3 Å². The van der Waals surface area contributed by atoms with Crippen LogP contribution in [0.15, 0.2) is 36.9 Å². The van der Waals surface area contributed by atoms with Crippen LogP contribution in [0.4, 0.5) is 0 Å². The van der Waals surface area contributed by atoms with E-state index in [2.05, 4.69) is 11.9 Å².